The highest BCUT2D eigenvalue weighted by atomic mass is 16.6. The molecule has 3 aromatic rings. The van der Waals surface area contributed by atoms with Crippen LogP contribution < -0.4 is 35.0 Å². The Bertz CT molecular complexity index is 1860. The van der Waals surface area contributed by atoms with Crippen molar-refractivity contribution in [1.82, 2.24) is 16.1 Å². The summed E-state index contributed by atoms with van der Waals surface area (Å²) in [5.41, 5.74) is 2.78. The molecule has 0 aliphatic carbocycles. The van der Waals surface area contributed by atoms with Crippen LogP contribution in [0.5, 0.6) is 28.7 Å². The van der Waals surface area contributed by atoms with Crippen molar-refractivity contribution in [2.75, 3.05) is 27.4 Å². The van der Waals surface area contributed by atoms with E-state index in [0.717, 1.165) is 18.2 Å². The minimum Gasteiger partial charge on any atom is -0.493 e. The van der Waals surface area contributed by atoms with E-state index in [4.69, 9.17) is 23.7 Å². The van der Waals surface area contributed by atoms with Gasteiger partial charge in [-0.2, -0.15) is 5.10 Å². The Hall–Kier alpha value is -6.72. The summed E-state index contributed by atoms with van der Waals surface area (Å²) in [6.45, 7) is 2.96. The molecule has 0 aromatic heterocycles. The summed E-state index contributed by atoms with van der Waals surface area (Å²) in [6, 6.07) is 10.8. The second-order valence-corrected chi connectivity index (χ2v) is 9.96. The number of hydrogen-bond donors (Lipinski definition) is 3. The summed E-state index contributed by atoms with van der Waals surface area (Å²) in [5.74, 6) is -0.765. The van der Waals surface area contributed by atoms with Crippen molar-refractivity contribution < 1.29 is 47.9 Å². The van der Waals surface area contributed by atoms with Crippen molar-refractivity contribution in [3.63, 3.8) is 0 Å². The first kappa shape index (κ1) is 35.1. The van der Waals surface area contributed by atoms with Gasteiger partial charge in [-0.15, -0.1) is 0 Å². The number of nitrogens with zero attached hydrogens (tertiary/aromatic N) is 3. The summed E-state index contributed by atoms with van der Waals surface area (Å²) in [6.07, 6.45) is 1.30. The van der Waals surface area contributed by atoms with Crippen molar-refractivity contribution >= 4 is 35.5 Å². The SMILES string of the molecule is CCOC(=O)C1=C(C)NC(=O)N[C@H]1c1ccc(OCC(=O)N/N=C\c2ccc(Oc3ccc([N+](=O)[O-])cc3[N+](=O)[O-])c(OC)c2)c(OC)c1. The number of nitrogens with one attached hydrogen (secondary N) is 3. The van der Waals surface area contributed by atoms with Gasteiger partial charge in [0.25, 0.3) is 11.6 Å². The molecule has 49 heavy (non-hydrogen) atoms. The van der Waals surface area contributed by atoms with E-state index >= 15 is 0 Å². The number of allylic oxidation sites excluding steroid dienone is 1. The fraction of sp³-hybridized carbons (Fsp3) is 0.226. The maximum Gasteiger partial charge on any atom is 0.338 e. The van der Waals surface area contributed by atoms with Gasteiger partial charge in [-0.25, -0.2) is 15.0 Å². The van der Waals surface area contributed by atoms with Gasteiger partial charge in [0.15, 0.2) is 29.6 Å². The van der Waals surface area contributed by atoms with Gasteiger partial charge in [0, 0.05) is 11.8 Å². The van der Waals surface area contributed by atoms with Crippen LogP contribution in [0.1, 0.15) is 31.0 Å². The zero-order chi connectivity index (χ0) is 35.7. The molecule has 4 rings (SSSR count). The lowest BCUT2D eigenvalue weighted by molar-refractivity contribution is -0.394. The Labute approximate surface area is 277 Å². The van der Waals surface area contributed by atoms with E-state index in [1.807, 2.05) is 0 Å². The van der Waals surface area contributed by atoms with E-state index in [0.29, 0.717) is 16.8 Å². The van der Waals surface area contributed by atoms with Crippen LogP contribution >= 0.6 is 0 Å². The van der Waals surface area contributed by atoms with Crippen LogP contribution in [0.4, 0.5) is 16.2 Å². The molecule has 3 N–H and O–H groups in total. The lowest BCUT2D eigenvalue weighted by Gasteiger charge is -2.28. The van der Waals surface area contributed by atoms with E-state index in [9.17, 15) is 34.6 Å². The van der Waals surface area contributed by atoms with Gasteiger partial charge in [0.2, 0.25) is 5.75 Å². The van der Waals surface area contributed by atoms with Crippen molar-refractivity contribution in [1.29, 1.82) is 0 Å². The van der Waals surface area contributed by atoms with E-state index in [2.05, 4.69) is 21.2 Å². The number of carbonyl (C=O) groups is 3. The highest BCUT2D eigenvalue weighted by molar-refractivity contribution is 5.95. The number of rotatable bonds is 14. The third-order valence-corrected chi connectivity index (χ3v) is 6.80. The van der Waals surface area contributed by atoms with Gasteiger partial charge in [-0.3, -0.25) is 25.0 Å². The second kappa shape index (κ2) is 15.7. The van der Waals surface area contributed by atoms with Gasteiger partial charge in [0.05, 0.1) is 54.6 Å². The molecule has 0 unspecified atom stereocenters. The number of nitro benzene ring substituents is 2. The molecule has 0 bridgehead atoms. The molecular formula is C31H30N6O12. The number of non-ortho nitro benzene ring substituents is 1. The topological polar surface area (TPSA) is 232 Å². The van der Waals surface area contributed by atoms with E-state index < -0.39 is 51.8 Å². The van der Waals surface area contributed by atoms with Crippen molar-refractivity contribution in [3.05, 3.63) is 97.2 Å². The quantitative estimate of drug-likeness (QED) is 0.0949. The van der Waals surface area contributed by atoms with E-state index in [-0.39, 0.29) is 40.9 Å². The summed E-state index contributed by atoms with van der Waals surface area (Å²) in [5, 5.41) is 31.6. The molecule has 256 valence electrons. The number of hydrazone groups is 1. The molecule has 0 saturated heterocycles. The molecule has 3 amide bonds. The molecular weight excluding hydrogens is 648 g/mol. The zero-order valence-corrected chi connectivity index (χ0v) is 26.5. The first-order valence-corrected chi connectivity index (χ1v) is 14.3. The molecule has 3 aromatic carbocycles. The monoisotopic (exact) mass is 678 g/mol. The van der Waals surface area contributed by atoms with Crippen LogP contribution in [-0.4, -0.2) is 61.4 Å². The number of urea groups is 1. The normalized spacial score (nSPS) is 14.0. The fourth-order valence-corrected chi connectivity index (χ4v) is 4.58. The average Bonchev–Trinajstić information content (AvgIpc) is 3.07. The van der Waals surface area contributed by atoms with Crippen LogP contribution in [0.3, 0.4) is 0 Å². The first-order valence-electron chi connectivity index (χ1n) is 14.3. The predicted molar refractivity (Wildman–Crippen MR) is 171 cm³/mol. The third-order valence-electron chi connectivity index (χ3n) is 6.80. The number of esters is 1. The number of benzene rings is 3. The lowest BCUT2D eigenvalue weighted by atomic mass is 9.95. The fourth-order valence-electron chi connectivity index (χ4n) is 4.58. The lowest BCUT2D eigenvalue weighted by Crippen LogP contribution is -2.45. The Morgan fingerprint density at radius 3 is 2.31 bits per heavy atom. The maximum absolute atomic E-state index is 12.6. The summed E-state index contributed by atoms with van der Waals surface area (Å²) >= 11 is 0. The molecule has 0 spiro atoms. The van der Waals surface area contributed by atoms with Gasteiger partial charge >= 0.3 is 17.7 Å². The van der Waals surface area contributed by atoms with Gasteiger partial charge in [0.1, 0.15) is 0 Å². The summed E-state index contributed by atoms with van der Waals surface area (Å²) in [7, 11) is 2.73. The van der Waals surface area contributed by atoms with E-state index in [1.165, 1.54) is 44.7 Å². The highest BCUT2D eigenvalue weighted by Gasteiger charge is 2.32. The van der Waals surface area contributed by atoms with Crippen molar-refractivity contribution in [3.8, 4) is 28.7 Å². The Balaban J connectivity index is 1.39. The molecule has 0 fully saturated rings. The smallest absolute Gasteiger partial charge is 0.338 e. The van der Waals surface area contributed by atoms with Crippen LogP contribution in [0.25, 0.3) is 0 Å². The van der Waals surface area contributed by atoms with Crippen LogP contribution in [0, 0.1) is 20.2 Å². The maximum atomic E-state index is 12.6. The summed E-state index contributed by atoms with van der Waals surface area (Å²) < 4.78 is 27.1. The molecule has 0 radical (unpaired) electrons. The Kier molecular flexibility index (Phi) is 11.3. The van der Waals surface area contributed by atoms with Gasteiger partial charge < -0.3 is 34.3 Å². The number of nitro groups is 2. The molecule has 1 aliphatic heterocycles. The molecule has 18 nitrogen and oxygen atoms in total. The Morgan fingerprint density at radius 2 is 1.63 bits per heavy atom. The molecule has 1 aliphatic rings. The largest absolute Gasteiger partial charge is 0.493 e. The average molecular weight is 679 g/mol. The van der Waals surface area contributed by atoms with E-state index in [1.54, 1.807) is 26.0 Å². The van der Waals surface area contributed by atoms with Crippen molar-refractivity contribution in [2.24, 2.45) is 5.10 Å². The number of amides is 3. The van der Waals surface area contributed by atoms with Crippen molar-refractivity contribution in [2.45, 2.75) is 19.9 Å². The number of methoxy groups -OCH3 is 2. The number of carbonyl (C=O) groups excluding carboxylic acids is 3. The third kappa shape index (κ3) is 8.56. The highest BCUT2D eigenvalue weighted by Crippen LogP contribution is 2.38. The molecule has 1 atom stereocenters. The minimum atomic E-state index is -0.825. The van der Waals surface area contributed by atoms with Crippen LogP contribution in [0.2, 0.25) is 0 Å². The van der Waals surface area contributed by atoms with Crippen LogP contribution in [0.15, 0.2) is 71.0 Å². The van der Waals surface area contributed by atoms with Crippen LogP contribution in [-0.2, 0) is 14.3 Å². The first-order chi connectivity index (χ1) is 23.4. The Morgan fingerprint density at radius 1 is 0.939 bits per heavy atom. The zero-order valence-electron chi connectivity index (χ0n) is 26.5. The number of ether oxygens (including phenoxy) is 5. The van der Waals surface area contributed by atoms with Gasteiger partial charge in [-0.05, 0) is 61.4 Å². The molecule has 1 heterocycles. The molecule has 18 heteroatoms. The standard InChI is InChI=1S/C31H30N6O12/c1-5-47-30(39)28-17(2)33-31(40)34-29(28)19-7-10-23(26(13-19)46-4)48-16-27(38)35-32-15-18-6-9-24(25(12-18)45-3)49-22-11-8-20(36(41)42)14-21(22)37(43)44/h6-15,29H,5,16H2,1-4H3,(H,35,38)(H2,33,34,40)/b32-15-/t29-/m0/s1. The minimum absolute atomic E-state index is 0.0832. The second-order valence-electron chi connectivity index (χ2n) is 9.96. The number of hydrogen-bond acceptors (Lipinski definition) is 13. The predicted octanol–water partition coefficient (Wildman–Crippen LogP) is 4.03. The summed E-state index contributed by atoms with van der Waals surface area (Å²) in [4.78, 5) is 58.1. The van der Waals surface area contributed by atoms with Gasteiger partial charge in [-0.1, -0.05) is 6.07 Å². The molecule has 0 saturated carbocycles.